The molecule has 2 N–H and O–H groups in total. The van der Waals surface area contributed by atoms with E-state index in [1.807, 2.05) is 37.3 Å². The van der Waals surface area contributed by atoms with Crippen LogP contribution in [0.1, 0.15) is 24.1 Å². The lowest BCUT2D eigenvalue weighted by Crippen LogP contribution is -2.43. The molecule has 0 aliphatic heterocycles. The van der Waals surface area contributed by atoms with Crippen LogP contribution >= 0.6 is 0 Å². The molecule has 0 aliphatic rings. The molecule has 0 bridgehead atoms. The minimum absolute atomic E-state index is 0.0719. The molecule has 1 atom stereocenters. The summed E-state index contributed by atoms with van der Waals surface area (Å²) in [5.74, 6) is 0.177. The van der Waals surface area contributed by atoms with Crippen LogP contribution in [0.3, 0.4) is 0 Å². The van der Waals surface area contributed by atoms with E-state index in [-0.39, 0.29) is 24.2 Å². The topological polar surface area (TPSA) is 66.0 Å². The lowest BCUT2D eigenvalue weighted by molar-refractivity contribution is -0.127. The van der Waals surface area contributed by atoms with Crippen molar-refractivity contribution in [3.63, 3.8) is 0 Å². The van der Waals surface area contributed by atoms with Crippen molar-refractivity contribution in [3.05, 3.63) is 65.5 Å². The zero-order valence-corrected chi connectivity index (χ0v) is 16.7. The molecule has 2 aromatic rings. The maximum absolute atomic E-state index is 14.0. The zero-order valence-electron chi connectivity index (χ0n) is 16.7. The number of carbonyl (C=O) groups excluding carboxylic acids is 1. The highest BCUT2D eigenvalue weighted by molar-refractivity contribution is 5.86. The van der Waals surface area contributed by atoms with E-state index < -0.39 is 5.82 Å². The molecule has 28 heavy (non-hydrogen) atoms. The molecular weight excluding hydrogens is 359 g/mol. The lowest BCUT2D eigenvalue weighted by atomic mass is 10.1. The van der Waals surface area contributed by atoms with Crippen molar-refractivity contribution < 1.29 is 13.9 Å². The summed E-state index contributed by atoms with van der Waals surface area (Å²) in [4.78, 5) is 18.0. The molecule has 0 aromatic heterocycles. The predicted molar refractivity (Wildman–Crippen MR) is 109 cm³/mol. The minimum atomic E-state index is -0.424. The number of halogens is 1. The van der Waals surface area contributed by atoms with Crippen molar-refractivity contribution in [2.24, 2.45) is 4.99 Å². The fourth-order valence-corrected chi connectivity index (χ4v) is 2.46. The van der Waals surface area contributed by atoms with Gasteiger partial charge in [0, 0.05) is 14.1 Å². The standard InChI is InChI=1S/C21H27FN4O2/c1-15(17-10-11-19(28-4)18(22)12-17)25-21(24-14-20(27)26(2)3)23-13-16-8-6-5-7-9-16/h5-12,15H,13-14H2,1-4H3,(H2,23,24,25). The molecular formula is C21H27FN4O2. The maximum atomic E-state index is 14.0. The molecule has 2 aromatic carbocycles. The van der Waals surface area contributed by atoms with Gasteiger partial charge in [-0.1, -0.05) is 36.4 Å². The van der Waals surface area contributed by atoms with Crippen LogP contribution in [-0.4, -0.2) is 44.5 Å². The number of benzene rings is 2. The summed E-state index contributed by atoms with van der Waals surface area (Å²) in [7, 11) is 4.82. The second-order valence-electron chi connectivity index (χ2n) is 6.55. The third-order valence-electron chi connectivity index (χ3n) is 4.20. The molecule has 1 amide bonds. The Morgan fingerprint density at radius 3 is 2.54 bits per heavy atom. The van der Waals surface area contributed by atoms with Gasteiger partial charge < -0.3 is 20.3 Å². The first-order chi connectivity index (χ1) is 13.4. The van der Waals surface area contributed by atoms with E-state index in [9.17, 15) is 9.18 Å². The van der Waals surface area contributed by atoms with Crippen LogP contribution in [0.4, 0.5) is 4.39 Å². The number of carbonyl (C=O) groups is 1. The van der Waals surface area contributed by atoms with Gasteiger partial charge in [-0.2, -0.15) is 0 Å². The Morgan fingerprint density at radius 1 is 1.21 bits per heavy atom. The fourth-order valence-electron chi connectivity index (χ4n) is 2.46. The van der Waals surface area contributed by atoms with Gasteiger partial charge in [-0.25, -0.2) is 9.38 Å². The van der Waals surface area contributed by atoms with Crippen LogP contribution in [0, 0.1) is 5.82 Å². The van der Waals surface area contributed by atoms with E-state index in [0.717, 1.165) is 11.1 Å². The van der Waals surface area contributed by atoms with Crippen molar-refractivity contribution >= 4 is 11.9 Å². The number of amides is 1. The molecule has 0 radical (unpaired) electrons. The van der Waals surface area contributed by atoms with E-state index in [1.54, 1.807) is 26.2 Å². The van der Waals surface area contributed by atoms with Gasteiger partial charge in [0.15, 0.2) is 17.5 Å². The summed E-state index contributed by atoms with van der Waals surface area (Å²) in [6.45, 7) is 2.46. The van der Waals surface area contributed by atoms with E-state index in [0.29, 0.717) is 12.5 Å². The molecule has 0 spiro atoms. The summed E-state index contributed by atoms with van der Waals surface area (Å²) < 4.78 is 19.0. The number of aliphatic imine (C=N–C) groups is 1. The Hall–Kier alpha value is -3.09. The Morgan fingerprint density at radius 2 is 1.93 bits per heavy atom. The molecule has 1 unspecified atom stereocenters. The summed E-state index contributed by atoms with van der Waals surface area (Å²) in [6.07, 6.45) is 0. The monoisotopic (exact) mass is 386 g/mol. The second-order valence-corrected chi connectivity index (χ2v) is 6.55. The van der Waals surface area contributed by atoms with Crippen molar-refractivity contribution in [1.82, 2.24) is 15.5 Å². The van der Waals surface area contributed by atoms with Crippen LogP contribution in [0.15, 0.2) is 53.5 Å². The molecule has 150 valence electrons. The van der Waals surface area contributed by atoms with Gasteiger partial charge in [0.25, 0.3) is 0 Å². The number of likely N-dealkylation sites (N-methyl/N-ethyl adjacent to an activating group) is 1. The van der Waals surface area contributed by atoms with Gasteiger partial charge in [-0.15, -0.1) is 0 Å². The van der Waals surface area contributed by atoms with E-state index >= 15 is 0 Å². The van der Waals surface area contributed by atoms with E-state index in [1.165, 1.54) is 18.1 Å². The van der Waals surface area contributed by atoms with E-state index in [2.05, 4.69) is 15.6 Å². The Kier molecular flexibility index (Phi) is 7.80. The third-order valence-corrected chi connectivity index (χ3v) is 4.20. The van der Waals surface area contributed by atoms with Gasteiger partial charge in [0.2, 0.25) is 5.91 Å². The first kappa shape index (κ1) is 21.2. The zero-order chi connectivity index (χ0) is 20.5. The Balaban J connectivity index is 2.12. The summed E-state index contributed by atoms with van der Waals surface area (Å²) in [5.41, 5.74) is 1.79. The van der Waals surface area contributed by atoms with Gasteiger partial charge >= 0.3 is 0 Å². The molecule has 0 saturated carbocycles. The van der Waals surface area contributed by atoms with E-state index in [4.69, 9.17) is 4.74 Å². The van der Waals surface area contributed by atoms with Crippen LogP contribution in [0.25, 0.3) is 0 Å². The highest BCUT2D eigenvalue weighted by atomic mass is 19.1. The molecule has 0 heterocycles. The Bertz CT molecular complexity index is 809. The Labute approximate surface area is 165 Å². The predicted octanol–water partition coefficient (Wildman–Crippen LogP) is 2.72. The van der Waals surface area contributed by atoms with Crippen LogP contribution in [0.2, 0.25) is 0 Å². The van der Waals surface area contributed by atoms with Crippen molar-refractivity contribution in [2.45, 2.75) is 19.5 Å². The summed E-state index contributed by atoms with van der Waals surface area (Å²) in [6, 6.07) is 14.4. The van der Waals surface area contributed by atoms with Crippen LogP contribution < -0.4 is 15.4 Å². The van der Waals surface area contributed by atoms with Gasteiger partial charge in [0.05, 0.1) is 26.2 Å². The minimum Gasteiger partial charge on any atom is -0.494 e. The smallest absolute Gasteiger partial charge is 0.241 e. The fraction of sp³-hybridized carbons (Fsp3) is 0.333. The first-order valence-corrected chi connectivity index (χ1v) is 9.03. The second kappa shape index (κ2) is 10.3. The van der Waals surface area contributed by atoms with Gasteiger partial charge in [-0.05, 0) is 30.2 Å². The normalized spacial score (nSPS) is 12.2. The average Bonchev–Trinajstić information content (AvgIpc) is 2.70. The third kappa shape index (κ3) is 6.26. The van der Waals surface area contributed by atoms with Crippen molar-refractivity contribution in [3.8, 4) is 5.75 Å². The SMILES string of the molecule is COc1ccc(C(C)NC(=NCc2ccccc2)NCC(=O)N(C)C)cc1F. The number of nitrogens with one attached hydrogen (secondary N) is 2. The van der Waals surface area contributed by atoms with Crippen LogP contribution in [-0.2, 0) is 11.3 Å². The molecule has 2 rings (SSSR count). The molecule has 7 heteroatoms. The number of ether oxygens (including phenoxy) is 1. The molecule has 0 saturated heterocycles. The molecule has 0 fully saturated rings. The largest absolute Gasteiger partial charge is 0.494 e. The number of rotatable bonds is 7. The summed E-state index contributed by atoms with van der Waals surface area (Å²) in [5, 5.41) is 6.26. The highest BCUT2D eigenvalue weighted by Gasteiger charge is 2.13. The quantitative estimate of drug-likeness (QED) is 0.567. The number of nitrogens with zero attached hydrogens (tertiary/aromatic N) is 2. The summed E-state index contributed by atoms with van der Waals surface area (Å²) >= 11 is 0. The van der Waals surface area contributed by atoms with Crippen LogP contribution in [0.5, 0.6) is 5.75 Å². The number of hydrogen-bond donors (Lipinski definition) is 2. The first-order valence-electron chi connectivity index (χ1n) is 9.03. The number of hydrogen-bond acceptors (Lipinski definition) is 3. The average molecular weight is 386 g/mol. The highest BCUT2D eigenvalue weighted by Crippen LogP contribution is 2.21. The van der Waals surface area contributed by atoms with Gasteiger partial charge in [0.1, 0.15) is 0 Å². The number of guanidine groups is 1. The number of methoxy groups -OCH3 is 1. The molecule has 6 nitrogen and oxygen atoms in total. The van der Waals surface area contributed by atoms with Gasteiger partial charge in [-0.3, -0.25) is 4.79 Å². The van der Waals surface area contributed by atoms with Crippen molar-refractivity contribution in [1.29, 1.82) is 0 Å². The molecule has 0 aliphatic carbocycles. The van der Waals surface area contributed by atoms with Crippen molar-refractivity contribution in [2.75, 3.05) is 27.7 Å². The maximum Gasteiger partial charge on any atom is 0.241 e. The lowest BCUT2D eigenvalue weighted by Gasteiger charge is -2.20.